The molecule has 4 aromatic rings. The van der Waals surface area contributed by atoms with Gasteiger partial charge in [0, 0.05) is 24.7 Å². The summed E-state index contributed by atoms with van der Waals surface area (Å²) in [5, 5.41) is 2.97. The first-order chi connectivity index (χ1) is 15.2. The summed E-state index contributed by atoms with van der Waals surface area (Å²) in [5.74, 6) is 0.871. The third kappa shape index (κ3) is 4.61. The smallest absolute Gasteiger partial charge is 0.220 e. The van der Waals surface area contributed by atoms with Crippen molar-refractivity contribution in [1.82, 2.24) is 14.7 Å². The Labute approximate surface area is 182 Å². The largest absolute Gasteiger partial charge is 0.497 e. The molecule has 0 saturated heterocycles. The standard InChI is InChI=1S/C26H27N3O2/c1-3-17-27-25(30)16-14-23-26(20-9-12-22(31-2)13-10-20)28-24-15-11-21(18-29(23)24)19-7-5-4-6-8-19/h4-13,15,18H,3,14,16-17H2,1-2H3,(H,27,30). The summed E-state index contributed by atoms with van der Waals surface area (Å²) in [6, 6.07) is 22.3. The third-order valence-electron chi connectivity index (χ3n) is 5.35. The van der Waals surface area contributed by atoms with Gasteiger partial charge in [0.05, 0.1) is 18.5 Å². The molecule has 1 N–H and O–H groups in total. The van der Waals surface area contributed by atoms with Crippen LogP contribution in [0.4, 0.5) is 0 Å². The first-order valence-corrected chi connectivity index (χ1v) is 10.7. The normalized spacial score (nSPS) is 10.9. The van der Waals surface area contributed by atoms with Gasteiger partial charge in [-0.1, -0.05) is 37.3 Å². The lowest BCUT2D eigenvalue weighted by atomic mass is 10.1. The molecular weight excluding hydrogens is 386 g/mol. The Morgan fingerprint density at radius 2 is 1.71 bits per heavy atom. The molecule has 5 heteroatoms. The maximum absolute atomic E-state index is 12.3. The fraction of sp³-hybridized carbons (Fsp3) is 0.231. The summed E-state index contributed by atoms with van der Waals surface area (Å²) in [7, 11) is 1.66. The molecule has 2 heterocycles. The molecule has 0 aliphatic rings. The Balaban J connectivity index is 1.76. The van der Waals surface area contributed by atoms with Crippen molar-refractivity contribution in [2.75, 3.05) is 13.7 Å². The molecule has 158 valence electrons. The van der Waals surface area contributed by atoms with Crippen LogP contribution in [0.25, 0.3) is 28.0 Å². The van der Waals surface area contributed by atoms with Crippen LogP contribution in [0.5, 0.6) is 5.75 Å². The maximum Gasteiger partial charge on any atom is 0.220 e. The summed E-state index contributed by atoms with van der Waals surface area (Å²) < 4.78 is 7.42. The van der Waals surface area contributed by atoms with Crippen LogP contribution >= 0.6 is 0 Å². The van der Waals surface area contributed by atoms with Crippen molar-refractivity contribution in [2.24, 2.45) is 0 Å². The fourth-order valence-corrected chi connectivity index (χ4v) is 3.70. The molecule has 0 fully saturated rings. The monoisotopic (exact) mass is 413 g/mol. The highest BCUT2D eigenvalue weighted by molar-refractivity contribution is 5.77. The first kappa shape index (κ1) is 20.7. The minimum absolute atomic E-state index is 0.0664. The van der Waals surface area contributed by atoms with Crippen molar-refractivity contribution in [3.05, 3.63) is 78.6 Å². The first-order valence-electron chi connectivity index (χ1n) is 10.7. The predicted molar refractivity (Wildman–Crippen MR) is 124 cm³/mol. The van der Waals surface area contributed by atoms with Crippen LogP contribution in [-0.4, -0.2) is 28.9 Å². The van der Waals surface area contributed by atoms with Crippen LogP contribution < -0.4 is 10.1 Å². The highest BCUT2D eigenvalue weighted by Gasteiger charge is 2.16. The van der Waals surface area contributed by atoms with Crippen LogP contribution in [0.3, 0.4) is 0 Å². The average molecular weight is 414 g/mol. The highest BCUT2D eigenvalue weighted by Crippen LogP contribution is 2.29. The molecule has 0 bridgehead atoms. The van der Waals surface area contributed by atoms with Gasteiger partial charge in [0.1, 0.15) is 11.4 Å². The molecule has 31 heavy (non-hydrogen) atoms. The van der Waals surface area contributed by atoms with E-state index in [1.807, 2.05) is 48.5 Å². The zero-order chi connectivity index (χ0) is 21.6. The van der Waals surface area contributed by atoms with E-state index >= 15 is 0 Å². The second-order valence-corrected chi connectivity index (χ2v) is 7.50. The van der Waals surface area contributed by atoms with E-state index in [9.17, 15) is 4.79 Å². The summed E-state index contributed by atoms with van der Waals surface area (Å²) in [6.45, 7) is 2.76. The molecule has 2 aromatic carbocycles. The van der Waals surface area contributed by atoms with Gasteiger partial charge >= 0.3 is 0 Å². The van der Waals surface area contributed by atoms with E-state index in [0.29, 0.717) is 19.4 Å². The van der Waals surface area contributed by atoms with Crippen LogP contribution in [0.2, 0.25) is 0 Å². The number of nitrogens with zero attached hydrogens (tertiary/aromatic N) is 2. The highest BCUT2D eigenvalue weighted by atomic mass is 16.5. The van der Waals surface area contributed by atoms with Gasteiger partial charge in [-0.05, 0) is 60.4 Å². The Bertz CT molecular complexity index is 1160. The lowest BCUT2D eigenvalue weighted by molar-refractivity contribution is -0.121. The fourth-order valence-electron chi connectivity index (χ4n) is 3.70. The second kappa shape index (κ2) is 9.47. The summed E-state index contributed by atoms with van der Waals surface area (Å²) in [6.07, 6.45) is 4.08. The number of methoxy groups -OCH3 is 1. The van der Waals surface area contributed by atoms with Gasteiger partial charge < -0.3 is 14.5 Å². The van der Waals surface area contributed by atoms with Crippen LogP contribution in [0.1, 0.15) is 25.5 Å². The van der Waals surface area contributed by atoms with E-state index in [1.54, 1.807) is 7.11 Å². The number of carbonyl (C=O) groups is 1. The van der Waals surface area contributed by atoms with Crippen molar-refractivity contribution >= 4 is 11.6 Å². The number of ether oxygens (including phenoxy) is 1. The summed E-state index contributed by atoms with van der Waals surface area (Å²) >= 11 is 0. The van der Waals surface area contributed by atoms with E-state index in [2.05, 4.69) is 41.0 Å². The van der Waals surface area contributed by atoms with E-state index in [0.717, 1.165) is 45.9 Å². The van der Waals surface area contributed by atoms with Crippen molar-refractivity contribution in [1.29, 1.82) is 0 Å². The number of rotatable bonds is 8. The van der Waals surface area contributed by atoms with E-state index < -0.39 is 0 Å². The van der Waals surface area contributed by atoms with Crippen molar-refractivity contribution in [2.45, 2.75) is 26.2 Å². The van der Waals surface area contributed by atoms with E-state index in [1.165, 1.54) is 0 Å². The van der Waals surface area contributed by atoms with E-state index in [-0.39, 0.29) is 5.91 Å². The van der Waals surface area contributed by atoms with E-state index in [4.69, 9.17) is 9.72 Å². The van der Waals surface area contributed by atoms with Gasteiger partial charge in [0.2, 0.25) is 5.91 Å². The summed E-state index contributed by atoms with van der Waals surface area (Å²) in [5.41, 5.74) is 6.07. The topological polar surface area (TPSA) is 55.6 Å². The Morgan fingerprint density at radius 1 is 0.968 bits per heavy atom. The average Bonchev–Trinajstić information content (AvgIpc) is 3.19. The third-order valence-corrected chi connectivity index (χ3v) is 5.35. The number of amides is 1. The molecule has 0 aliphatic carbocycles. The van der Waals surface area contributed by atoms with Crippen LogP contribution in [0, 0.1) is 0 Å². The lowest BCUT2D eigenvalue weighted by Gasteiger charge is -2.08. The Kier molecular flexibility index (Phi) is 6.32. The molecule has 2 aromatic heterocycles. The molecule has 5 nitrogen and oxygen atoms in total. The molecule has 0 saturated carbocycles. The van der Waals surface area contributed by atoms with Gasteiger partial charge in [0.25, 0.3) is 0 Å². The number of imidazole rings is 1. The lowest BCUT2D eigenvalue weighted by Crippen LogP contribution is -2.24. The maximum atomic E-state index is 12.3. The number of nitrogens with one attached hydrogen (secondary N) is 1. The number of carbonyl (C=O) groups excluding carboxylic acids is 1. The molecule has 0 atom stereocenters. The molecule has 0 unspecified atom stereocenters. The van der Waals surface area contributed by atoms with Gasteiger partial charge in [-0.2, -0.15) is 0 Å². The zero-order valence-corrected chi connectivity index (χ0v) is 18.0. The molecule has 0 aliphatic heterocycles. The van der Waals surface area contributed by atoms with Crippen molar-refractivity contribution < 1.29 is 9.53 Å². The molecule has 1 amide bonds. The number of pyridine rings is 1. The second-order valence-electron chi connectivity index (χ2n) is 7.50. The molecule has 0 radical (unpaired) electrons. The van der Waals surface area contributed by atoms with Gasteiger partial charge in [0.15, 0.2) is 0 Å². The Morgan fingerprint density at radius 3 is 2.42 bits per heavy atom. The number of benzene rings is 2. The minimum Gasteiger partial charge on any atom is -0.497 e. The number of aromatic nitrogens is 2. The predicted octanol–water partition coefficient (Wildman–Crippen LogP) is 5.14. The van der Waals surface area contributed by atoms with Crippen molar-refractivity contribution in [3.8, 4) is 28.1 Å². The zero-order valence-electron chi connectivity index (χ0n) is 18.0. The SMILES string of the molecule is CCCNC(=O)CCc1c(-c2ccc(OC)cc2)nc2ccc(-c3ccccc3)cn12. The number of hydrogen-bond donors (Lipinski definition) is 1. The van der Waals surface area contributed by atoms with Gasteiger partial charge in [-0.25, -0.2) is 4.98 Å². The molecular formula is C26H27N3O2. The quantitative estimate of drug-likeness (QED) is 0.435. The number of hydrogen-bond acceptors (Lipinski definition) is 3. The van der Waals surface area contributed by atoms with Crippen molar-refractivity contribution in [3.63, 3.8) is 0 Å². The van der Waals surface area contributed by atoms with Crippen LogP contribution in [-0.2, 0) is 11.2 Å². The van der Waals surface area contributed by atoms with Gasteiger partial charge in [-0.3, -0.25) is 4.79 Å². The minimum atomic E-state index is 0.0664. The molecule has 0 spiro atoms. The molecule has 4 rings (SSSR count). The Hall–Kier alpha value is -3.60. The van der Waals surface area contributed by atoms with Crippen LogP contribution in [0.15, 0.2) is 72.9 Å². The summed E-state index contributed by atoms with van der Waals surface area (Å²) in [4.78, 5) is 17.2. The number of aryl methyl sites for hydroxylation is 1. The van der Waals surface area contributed by atoms with Gasteiger partial charge in [-0.15, -0.1) is 0 Å². The number of fused-ring (bicyclic) bond motifs is 1.